The van der Waals surface area contributed by atoms with Gasteiger partial charge in [0, 0.05) is 19.4 Å². The summed E-state index contributed by atoms with van der Waals surface area (Å²) in [6.07, 6.45) is 91.0. The summed E-state index contributed by atoms with van der Waals surface area (Å²) >= 11 is 0. The van der Waals surface area contributed by atoms with E-state index in [1.165, 1.54) is 19.3 Å². The Kier molecular flexibility index (Phi) is 56.5. The van der Waals surface area contributed by atoms with Gasteiger partial charge in [-0.25, -0.2) is 4.57 Å². The lowest BCUT2D eigenvalue weighted by molar-refractivity contribution is -0.161. The van der Waals surface area contributed by atoms with E-state index in [0.29, 0.717) is 12.8 Å². The zero-order chi connectivity index (χ0) is 55.9. The van der Waals surface area contributed by atoms with E-state index in [4.69, 9.17) is 24.3 Å². The second-order valence-corrected chi connectivity index (χ2v) is 19.8. The molecule has 0 amide bonds. The molecule has 0 radical (unpaired) electrons. The Morgan fingerprint density at radius 1 is 0.390 bits per heavy atom. The van der Waals surface area contributed by atoms with E-state index >= 15 is 0 Å². The molecule has 0 aliphatic heterocycles. The van der Waals surface area contributed by atoms with Gasteiger partial charge in [-0.05, 0) is 135 Å². The van der Waals surface area contributed by atoms with E-state index < -0.39 is 32.5 Å². The minimum Gasteiger partial charge on any atom is -0.462 e. The first-order valence-electron chi connectivity index (χ1n) is 29.3. The Balaban J connectivity index is 4.13. The molecule has 430 valence electrons. The zero-order valence-corrected chi connectivity index (χ0v) is 48.7. The molecule has 0 rings (SSSR count). The monoisotopic (exact) mass is 1080 g/mol. The van der Waals surface area contributed by atoms with Crippen LogP contribution >= 0.6 is 7.82 Å². The van der Waals surface area contributed by atoms with Crippen molar-refractivity contribution in [3.8, 4) is 0 Å². The largest absolute Gasteiger partial charge is 0.472 e. The van der Waals surface area contributed by atoms with Gasteiger partial charge in [0.15, 0.2) is 6.10 Å². The number of rotatable bonds is 52. The van der Waals surface area contributed by atoms with Gasteiger partial charge in [0.05, 0.1) is 13.2 Å². The highest BCUT2D eigenvalue weighted by molar-refractivity contribution is 7.47. The van der Waals surface area contributed by atoms with Gasteiger partial charge >= 0.3 is 19.8 Å². The van der Waals surface area contributed by atoms with Crippen molar-refractivity contribution < 1.29 is 37.6 Å². The van der Waals surface area contributed by atoms with Crippen LogP contribution in [0.1, 0.15) is 194 Å². The number of carbonyl (C=O) groups is 2. The highest BCUT2D eigenvalue weighted by atomic mass is 31.2. The summed E-state index contributed by atoms with van der Waals surface area (Å²) in [6, 6.07) is 0. The first-order valence-corrected chi connectivity index (χ1v) is 30.8. The van der Waals surface area contributed by atoms with E-state index in [1.54, 1.807) is 0 Å². The van der Waals surface area contributed by atoms with E-state index in [1.807, 2.05) is 0 Å². The number of hydrogen-bond acceptors (Lipinski definition) is 8. The van der Waals surface area contributed by atoms with Crippen LogP contribution in [-0.2, 0) is 32.7 Å². The summed E-state index contributed by atoms with van der Waals surface area (Å²) in [5.74, 6) is -0.908. The molecule has 0 aromatic rings. The van der Waals surface area contributed by atoms with Crippen LogP contribution in [0.4, 0.5) is 0 Å². The maximum atomic E-state index is 12.7. The fourth-order valence-corrected chi connectivity index (χ4v) is 7.81. The number of esters is 2. The molecule has 0 aliphatic carbocycles. The van der Waals surface area contributed by atoms with E-state index in [2.05, 4.69) is 196 Å². The third-order valence-corrected chi connectivity index (χ3v) is 12.3. The number of phosphoric acid groups is 1. The van der Waals surface area contributed by atoms with E-state index in [0.717, 1.165) is 135 Å². The molecular formula is C67H104NO8P. The molecule has 3 N–H and O–H groups in total. The van der Waals surface area contributed by atoms with Crippen molar-refractivity contribution in [2.75, 3.05) is 26.4 Å². The quantitative estimate of drug-likeness (QED) is 0.0264. The summed E-state index contributed by atoms with van der Waals surface area (Å²) in [5.41, 5.74) is 5.37. The fourth-order valence-electron chi connectivity index (χ4n) is 7.04. The van der Waals surface area contributed by atoms with Crippen molar-refractivity contribution in [3.63, 3.8) is 0 Å². The average molecular weight is 1080 g/mol. The highest BCUT2D eigenvalue weighted by Gasteiger charge is 2.26. The van der Waals surface area contributed by atoms with Gasteiger partial charge in [0.25, 0.3) is 0 Å². The SMILES string of the molecule is CC/C=C\C/C=C\C/C=C\C/C=C\C/C=C\C/C=C\C/C=C\C/C=C\C/C=C\C/C=C\C/C=C\C/C=C\CCCCC(=O)OC(COC(=O)CCCCCCCCC/C=C\C/C=C\C/C=C\CC)COP(=O)(O)OCCN. The van der Waals surface area contributed by atoms with Gasteiger partial charge in [-0.3, -0.25) is 18.6 Å². The van der Waals surface area contributed by atoms with Crippen molar-refractivity contribution in [1.29, 1.82) is 0 Å². The predicted octanol–water partition coefficient (Wildman–Crippen LogP) is 18.8. The van der Waals surface area contributed by atoms with Crippen molar-refractivity contribution in [2.24, 2.45) is 5.73 Å². The number of allylic oxidation sites excluding steroid dienone is 30. The van der Waals surface area contributed by atoms with Gasteiger partial charge in [0.1, 0.15) is 6.61 Å². The Morgan fingerprint density at radius 3 is 1.03 bits per heavy atom. The summed E-state index contributed by atoms with van der Waals surface area (Å²) in [6.45, 7) is 3.42. The van der Waals surface area contributed by atoms with Crippen LogP contribution in [-0.4, -0.2) is 49.3 Å². The Labute approximate surface area is 469 Å². The molecule has 0 fully saturated rings. The molecule has 0 heterocycles. The first-order chi connectivity index (χ1) is 37.8. The third kappa shape index (κ3) is 60.2. The Bertz CT molecular complexity index is 1910. The first kappa shape index (κ1) is 72.1. The number of unbranched alkanes of at least 4 members (excludes halogenated alkanes) is 9. The molecule has 0 aromatic heterocycles. The van der Waals surface area contributed by atoms with Crippen LogP contribution in [0.3, 0.4) is 0 Å². The number of phosphoric ester groups is 1. The topological polar surface area (TPSA) is 134 Å². The van der Waals surface area contributed by atoms with Crippen LogP contribution in [0.5, 0.6) is 0 Å². The second kappa shape index (κ2) is 60.3. The van der Waals surface area contributed by atoms with E-state index in [9.17, 15) is 19.0 Å². The summed E-state index contributed by atoms with van der Waals surface area (Å²) in [5, 5.41) is 0. The van der Waals surface area contributed by atoms with Crippen LogP contribution in [0.15, 0.2) is 182 Å². The maximum Gasteiger partial charge on any atom is 0.472 e. The fraction of sp³-hybridized carbons (Fsp3) is 0.522. The minimum atomic E-state index is -4.42. The highest BCUT2D eigenvalue weighted by Crippen LogP contribution is 2.43. The zero-order valence-electron chi connectivity index (χ0n) is 47.9. The summed E-state index contributed by atoms with van der Waals surface area (Å²) in [4.78, 5) is 35.1. The lowest BCUT2D eigenvalue weighted by Crippen LogP contribution is -2.29. The van der Waals surface area contributed by atoms with Crippen LogP contribution < -0.4 is 5.73 Å². The number of nitrogens with two attached hydrogens (primary N) is 1. The molecule has 0 aromatic carbocycles. The molecule has 0 saturated carbocycles. The molecule has 0 aliphatic rings. The normalized spacial score (nSPS) is 14.4. The minimum absolute atomic E-state index is 0.0343. The lowest BCUT2D eigenvalue weighted by Gasteiger charge is -2.19. The Morgan fingerprint density at radius 2 is 0.675 bits per heavy atom. The van der Waals surface area contributed by atoms with E-state index in [-0.39, 0.29) is 32.6 Å². The maximum absolute atomic E-state index is 12.7. The van der Waals surface area contributed by atoms with Crippen LogP contribution in [0.25, 0.3) is 0 Å². The molecule has 2 unspecified atom stereocenters. The van der Waals surface area contributed by atoms with Gasteiger partial charge in [-0.2, -0.15) is 0 Å². The molecule has 10 heteroatoms. The molecular weight excluding hydrogens is 978 g/mol. The van der Waals surface area contributed by atoms with Crippen molar-refractivity contribution in [2.45, 2.75) is 200 Å². The smallest absolute Gasteiger partial charge is 0.462 e. The summed E-state index contributed by atoms with van der Waals surface area (Å²) in [7, 11) is -4.42. The third-order valence-electron chi connectivity index (χ3n) is 11.3. The molecule has 0 saturated heterocycles. The standard InChI is InChI=1S/C67H104NO8P/c1-3-5-7-9-11-13-15-17-19-21-22-23-24-25-26-27-28-29-30-31-32-33-34-35-36-37-38-39-40-41-42-44-46-48-50-52-54-56-58-60-67(70)76-65(64-75-77(71,72)74-62-61-68)63-73-66(69)59-57-55-53-51-49-47-45-43-20-18-16-14-12-10-8-6-4-2/h5-8,11-14,17-20,22-23,25-26,28-29,31-32,34-35,37-38,40-41,44,46,50,52,65H,3-4,9-10,15-16,21,24,27,30,33,36,39,42-43,45,47-49,51,53-64,68H2,1-2H3,(H,71,72)/b7-5-,8-6-,13-11-,14-12-,19-17-,20-18-,23-22-,26-25-,29-28-,32-31-,35-34-,38-37-,41-40-,46-44-,52-50-. The second-order valence-electron chi connectivity index (χ2n) is 18.4. The average Bonchev–Trinajstić information content (AvgIpc) is 3.42. The van der Waals surface area contributed by atoms with Crippen molar-refractivity contribution in [3.05, 3.63) is 182 Å². The molecule has 0 bridgehead atoms. The van der Waals surface area contributed by atoms with Gasteiger partial charge in [0.2, 0.25) is 0 Å². The van der Waals surface area contributed by atoms with Crippen molar-refractivity contribution in [1.82, 2.24) is 0 Å². The predicted molar refractivity (Wildman–Crippen MR) is 329 cm³/mol. The Hall–Kier alpha value is -4.89. The molecule has 0 spiro atoms. The summed E-state index contributed by atoms with van der Waals surface area (Å²) < 4.78 is 32.9. The molecule has 2 atom stereocenters. The molecule has 77 heavy (non-hydrogen) atoms. The number of ether oxygens (including phenoxy) is 2. The van der Waals surface area contributed by atoms with Gasteiger partial charge in [-0.15, -0.1) is 0 Å². The van der Waals surface area contributed by atoms with Gasteiger partial charge in [-0.1, -0.05) is 228 Å². The van der Waals surface area contributed by atoms with Crippen molar-refractivity contribution >= 4 is 19.8 Å². The lowest BCUT2D eigenvalue weighted by atomic mass is 10.1. The van der Waals surface area contributed by atoms with Gasteiger partial charge < -0.3 is 20.1 Å². The van der Waals surface area contributed by atoms with Crippen LogP contribution in [0, 0.1) is 0 Å². The molecule has 9 nitrogen and oxygen atoms in total. The number of hydrogen-bond donors (Lipinski definition) is 2. The number of carbonyl (C=O) groups excluding carboxylic acids is 2. The van der Waals surface area contributed by atoms with Crippen LogP contribution in [0.2, 0.25) is 0 Å².